The van der Waals surface area contributed by atoms with Crippen molar-refractivity contribution in [3.63, 3.8) is 0 Å². The van der Waals surface area contributed by atoms with Gasteiger partial charge in [-0.1, -0.05) is 24.3 Å². The molecule has 3 aromatic rings. The van der Waals surface area contributed by atoms with E-state index in [0.717, 1.165) is 6.92 Å². The van der Waals surface area contributed by atoms with Gasteiger partial charge in [0, 0.05) is 35.3 Å². The highest BCUT2D eigenvalue weighted by molar-refractivity contribution is 7.89. The van der Waals surface area contributed by atoms with Crippen LogP contribution in [0.3, 0.4) is 0 Å². The summed E-state index contributed by atoms with van der Waals surface area (Å²) in [5.41, 5.74) is 7.22. The average Bonchev–Trinajstić information content (AvgIpc) is 2.68. The summed E-state index contributed by atoms with van der Waals surface area (Å²) in [5.74, 6) is 0.116. The number of hydrogen-bond acceptors (Lipinski definition) is 6. The van der Waals surface area contributed by atoms with Gasteiger partial charge in [-0.2, -0.15) is 17.9 Å². The van der Waals surface area contributed by atoms with Gasteiger partial charge in [0.2, 0.25) is 16.0 Å². The molecule has 0 fully saturated rings. The van der Waals surface area contributed by atoms with Crippen LogP contribution in [0.1, 0.15) is 6.92 Å². The molecule has 0 radical (unpaired) electrons. The number of nitrogen functional groups attached to an aromatic ring is 1. The first-order valence-electron chi connectivity index (χ1n) is 8.30. The molecule has 0 aliphatic heterocycles. The van der Waals surface area contributed by atoms with Gasteiger partial charge in [0.05, 0.1) is 10.6 Å². The molecule has 29 heavy (non-hydrogen) atoms. The Labute approximate surface area is 164 Å². The van der Waals surface area contributed by atoms with Gasteiger partial charge in [0.25, 0.3) is 0 Å². The number of anilines is 1. The van der Waals surface area contributed by atoms with Crippen molar-refractivity contribution in [1.29, 1.82) is 0 Å². The number of alkyl halides is 3. The molecule has 1 aromatic carbocycles. The standard InChI is InChI=1S/C18H16F3N5O2S/c1-11(18(19,20)21)26-29(27,28)16-5-3-2-4-14(16)12-6-7-15(23-8-12)13-9-24-17(22)25-10-13/h2-11,26H,1H3,(H2,22,24,25)/t11-/m0/s1. The molecule has 11 heteroatoms. The Morgan fingerprint density at radius 1 is 0.966 bits per heavy atom. The highest BCUT2D eigenvalue weighted by Gasteiger charge is 2.39. The number of hydrogen-bond donors (Lipinski definition) is 2. The normalized spacial score (nSPS) is 13.2. The third kappa shape index (κ3) is 4.69. The van der Waals surface area contributed by atoms with Gasteiger partial charge in [0.1, 0.15) is 6.04 Å². The Bertz CT molecular complexity index is 1100. The van der Waals surface area contributed by atoms with Crippen molar-refractivity contribution < 1.29 is 21.6 Å². The van der Waals surface area contributed by atoms with E-state index in [4.69, 9.17) is 5.73 Å². The molecule has 0 aliphatic rings. The molecule has 152 valence electrons. The zero-order valence-electron chi connectivity index (χ0n) is 15.1. The highest BCUT2D eigenvalue weighted by Crippen LogP contribution is 2.29. The maximum atomic E-state index is 12.8. The Hall–Kier alpha value is -3.05. The Balaban J connectivity index is 1.95. The lowest BCUT2D eigenvalue weighted by molar-refractivity contribution is -0.147. The van der Waals surface area contributed by atoms with Gasteiger partial charge in [-0.05, 0) is 19.1 Å². The van der Waals surface area contributed by atoms with Crippen LogP contribution in [0.2, 0.25) is 0 Å². The number of pyridine rings is 1. The van der Waals surface area contributed by atoms with Crippen LogP contribution < -0.4 is 10.5 Å². The maximum absolute atomic E-state index is 12.8. The van der Waals surface area contributed by atoms with Crippen molar-refractivity contribution in [1.82, 2.24) is 19.7 Å². The topological polar surface area (TPSA) is 111 Å². The molecular weight excluding hydrogens is 407 g/mol. The second-order valence-electron chi connectivity index (χ2n) is 6.14. The molecule has 2 heterocycles. The van der Waals surface area contributed by atoms with Crippen LogP contribution in [0.5, 0.6) is 0 Å². The minimum atomic E-state index is -4.70. The molecule has 3 N–H and O–H groups in total. The summed E-state index contributed by atoms with van der Waals surface area (Å²) in [6.45, 7) is 0.741. The van der Waals surface area contributed by atoms with E-state index in [-0.39, 0.29) is 16.4 Å². The molecule has 0 bridgehead atoms. The molecule has 0 unspecified atom stereocenters. The molecule has 7 nitrogen and oxygen atoms in total. The fourth-order valence-electron chi connectivity index (χ4n) is 2.50. The fraction of sp³-hybridized carbons (Fsp3) is 0.167. The molecule has 0 saturated carbocycles. The minimum Gasteiger partial charge on any atom is -0.368 e. The molecular formula is C18H16F3N5O2S. The summed E-state index contributed by atoms with van der Waals surface area (Å²) in [6, 6.07) is 6.76. The highest BCUT2D eigenvalue weighted by atomic mass is 32.2. The summed E-state index contributed by atoms with van der Waals surface area (Å²) in [4.78, 5) is 11.7. The van der Waals surface area contributed by atoms with Crippen molar-refractivity contribution in [2.45, 2.75) is 24.0 Å². The van der Waals surface area contributed by atoms with E-state index < -0.39 is 22.2 Å². The lowest BCUT2D eigenvalue weighted by atomic mass is 10.1. The van der Waals surface area contributed by atoms with Gasteiger partial charge < -0.3 is 5.73 Å². The summed E-state index contributed by atoms with van der Waals surface area (Å²) in [6.07, 6.45) is -0.296. The van der Waals surface area contributed by atoms with Gasteiger partial charge in [-0.25, -0.2) is 18.4 Å². The first-order valence-corrected chi connectivity index (χ1v) is 9.78. The molecule has 3 rings (SSSR count). The zero-order chi connectivity index (χ0) is 21.2. The smallest absolute Gasteiger partial charge is 0.368 e. The van der Waals surface area contributed by atoms with E-state index >= 15 is 0 Å². The lowest BCUT2D eigenvalue weighted by Crippen LogP contribution is -2.43. The van der Waals surface area contributed by atoms with Crippen LogP contribution in [0, 0.1) is 0 Å². The predicted octanol–water partition coefficient (Wildman–Crippen LogP) is 3.02. The second kappa shape index (κ2) is 7.76. The third-order valence-corrected chi connectivity index (χ3v) is 5.64. The zero-order valence-corrected chi connectivity index (χ0v) is 15.9. The molecule has 1 atom stereocenters. The second-order valence-corrected chi connectivity index (χ2v) is 7.83. The van der Waals surface area contributed by atoms with Crippen molar-refractivity contribution in [3.8, 4) is 22.4 Å². The van der Waals surface area contributed by atoms with Crippen molar-refractivity contribution in [3.05, 3.63) is 55.0 Å². The first-order chi connectivity index (χ1) is 13.6. The quantitative estimate of drug-likeness (QED) is 0.653. The number of nitrogens with one attached hydrogen (secondary N) is 1. The van der Waals surface area contributed by atoms with Crippen LogP contribution in [0.25, 0.3) is 22.4 Å². The summed E-state index contributed by atoms with van der Waals surface area (Å²) < 4.78 is 65.1. The number of rotatable bonds is 5. The first kappa shape index (κ1) is 20.7. The van der Waals surface area contributed by atoms with Gasteiger partial charge in [0.15, 0.2) is 0 Å². The minimum absolute atomic E-state index is 0.116. The number of halogens is 3. The van der Waals surface area contributed by atoms with E-state index in [1.807, 2.05) is 0 Å². The summed E-state index contributed by atoms with van der Waals surface area (Å²) in [7, 11) is -4.42. The van der Waals surface area contributed by atoms with Crippen LogP contribution in [-0.4, -0.2) is 35.6 Å². The van der Waals surface area contributed by atoms with Crippen LogP contribution in [0.15, 0.2) is 59.9 Å². The largest absolute Gasteiger partial charge is 0.404 e. The van der Waals surface area contributed by atoms with E-state index in [0.29, 0.717) is 16.8 Å². The fourth-order valence-corrected chi connectivity index (χ4v) is 3.96. The number of nitrogens with two attached hydrogens (primary N) is 1. The number of aromatic nitrogens is 3. The van der Waals surface area contributed by atoms with Crippen molar-refractivity contribution in [2.75, 3.05) is 5.73 Å². The van der Waals surface area contributed by atoms with Gasteiger partial charge in [-0.15, -0.1) is 0 Å². The Morgan fingerprint density at radius 3 is 2.17 bits per heavy atom. The van der Waals surface area contributed by atoms with Crippen LogP contribution >= 0.6 is 0 Å². The van der Waals surface area contributed by atoms with Gasteiger partial charge in [-0.3, -0.25) is 4.98 Å². The average molecular weight is 423 g/mol. The molecule has 2 aromatic heterocycles. The van der Waals surface area contributed by atoms with Gasteiger partial charge >= 0.3 is 6.18 Å². The molecule has 0 spiro atoms. The van der Waals surface area contributed by atoms with E-state index in [1.54, 1.807) is 22.9 Å². The summed E-state index contributed by atoms with van der Waals surface area (Å²) >= 11 is 0. The maximum Gasteiger partial charge on any atom is 0.404 e. The number of sulfonamides is 1. The Morgan fingerprint density at radius 2 is 1.59 bits per heavy atom. The molecule has 0 amide bonds. The summed E-state index contributed by atoms with van der Waals surface area (Å²) in [5, 5.41) is 0. The van der Waals surface area contributed by atoms with E-state index in [9.17, 15) is 21.6 Å². The van der Waals surface area contributed by atoms with Crippen LogP contribution in [-0.2, 0) is 10.0 Å². The monoisotopic (exact) mass is 423 g/mol. The van der Waals surface area contributed by atoms with E-state index in [1.165, 1.54) is 36.8 Å². The van der Waals surface area contributed by atoms with Crippen molar-refractivity contribution >= 4 is 16.0 Å². The van der Waals surface area contributed by atoms with E-state index in [2.05, 4.69) is 15.0 Å². The molecule has 0 saturated heterocycles. The van der Waals surface area contributed by atoms with Crippen molar-refractivity contribution in [2.24, 2.45) is 0 Å². The van der Waals surface area contributed by atoms with Crippen LogP contribution in [0.4, 0.5) is 19.1 Å². The predicted molar refractivity (Wildman–Crippen MR) is 101 cm³/mol. The number of nitrogens with zero attached hydrogens (tertiary/aromatic N) is 3. The molecule has 0 aliphatic carbocycles. The number of benzene rings is 1. The lowest BCUT2D eigenvalue weighted by Gasteiger charge is -2.18. The SMILES string of the molecule is C[C@H](NS(=O)(=O)c1ccccc1-c1ccc(-c2cnc(N)nc2)nc1)C(F)(F)F. The third-order valence-electron chi connectivity index (χ3n) is 4.04. The Kier molecular flexibility index (Phi) is 5.53.